The number of carbonyl (C=O) groups is 4. The van der Waals surface area contributed by atoms with Crippen LogP contribution >= 0.6 is 11.6 Å². The van der Waals surface area contributed by atoms with E-state index in [9.17, 15) is 19.2 Å². The van der Waals surface area contributed by atoms with Crippen molar-refractivity contribution in [3.05, 3.63) is 63.7 Å². The molecular formula is C22H20ClN3O5. The number of rotatable bonds is 4. The first-order chi connectivity index (χ1) is 14.8. The summed E-state index contributed by atoms with van der Waals surface area (Å²) in [6, 6.07) is 9.71. The fourth-order valence-electron chi connectivity index (χ4n) is 3.67. The molecule has 2 aliphatic heterocycles. The standard InChI is InChI=1S/C22H20ClN3O5/c1-12-2-5-15(9-17(12)23)24-22(30)31-11-13-3-4-14-10-26(21(29)16(14)8-13)18-6-7-19(27)25-20(18)28/h2-5,8-9,18H,6-7,10-11H2,1H3,(H,24,30)(H,25,27,28)/t18-/m0/s1. The van der Waals surface area contributed by atoms with Gasteiger partial charge in [-0.25, -0.2) is 4.79 Å². The smallest absolute Gasteiger partial charge is 0.411 e. The first-order valence-corrected chi connectivity index (χ1v) is 10.2. The van der Waals surface area contributed by atoms with Gasteiger partial charge < -0.3 is 9.64 Å². The molecule has 1 saturated heterocycles. The number of halogens is 1. The minimum Gasteiger partial charge on any atom is -0.444 e. The molecule has 8 nitrogen and oxygen atoms in total. The summed E-state index contributed by atoms with van der Waals surface area (Å²) in [7, 11) is 0. The molecule has 1 fully saturated rings. The Balaban J connectivity index is 1.38. The molecule has 0 bridgehead atoms. The average molecular weight is 442 g/mol. The maximum atomic E-state index is 12.8. The van der Waals surface area contributed by atoms with E-state index in [0.29, 0.717) is 34.8 Å². The lowest BCUT2D eigenvalue weighted by Gasteiger charge is -2.29. The van der Waals surface area contributed by atoms with Crippen LogP contribution in [0.2, 0.25) is 5.02 Å². The maximum Gasteiger partial charge on any atom is 0.411 e. The highest BCUT2D eigenvalue weighted by molar-refractivity contribution is 6.31. The quantitative estimate of drug-likeness (QED) is 0.709. The summed E-state index contributed by atoms with van der Waals surface area (Å²) in [5.74, 6) is -1.05. The van der Waals surface area contributed by atoms with Gasteiger partial charge in [-0.2, -0.15) is 0 Å². The highest BCUT2D eigenvalue weighted by Crippen LogP contribution is 2.28. The van der Waals surface area contributed by atoms with Crippen molar-refractivity contribution in [1.82, 2.24) is 10.2 Å². The Hall–Kier alpha value is -3.39. The number of hydrogen-bond acceptors (Lipinski definition) is 5. The summed E-state index contributed by atoms with van der Waals surface area (Å²) >= 11 is 6.05. The monoisotopic (exact) mass is 441 g/mol. The number of ether oxygens (including phenoxy) is 1. The molecule has 2 aromatic carbocycles. The van der Waals surface area contributed by atoms with Gasteiger partial charge in [0.2, 0.25) is 11.8 Å². The van der Waals surface area contributed by atoms with Gasteiger partial charge in [0, 0.05) is 29.2 Å². The van der Waals surface area contributed by atoms with Gasteiger partial charge in [-0.15, -0.1) is 0 Å². The summed E-state index contributed by atoms with van der Waals surface area (Å²) < 4.78 is 5.25. The molecule has 9 heteroatoms. The zero-order chi connectivity index (χ0) is 22.1. The van der Waals surface area contributed by atoms with Gasteiger partial charge >= 0.3 is 6.09 Å². The molecule has 160 valence electrons. The molecule has 2 aromatic rings. The number of amides is 4. The molecule has 0 spiro atoms. The Morgan fingerprint density at radius 1 is 1.23 bits per heavy atom. The van der Waals surface area contributed by atoms with Gasteiger partial charge in [0.05, 0.1) is 0 Å². The molecule has 2 N–H and O–H groups in total. The van der Waals surface area contributed by atoms with Crippen LogP contribution in [0.15, 0.2) is 36.4 Å². The molecule has 0 aliphatic carbocycles. The number of nitrogens with one attached hydrogen (secondary N) is 2. The normalized spacial score (nSPS) is 17.9. The van der Waals surface area contributed by atoms with E-state index < -0.39 is 18.0 Å². The first kappa shape index (κ1) is 20.9. The molecule has 4 amide bonds. The minimum absolute atomic E-state index is 0.0234. The lowest BCUT2D eigenvalue weighted by atomic mass is 10.0. The van der Waals surface area contributed by atoms with Gasteiger partial charge in [-0.05, 0) is 48.2 Å². The largest absolute Gasteiger partial charge is 0.444 e. The van der Waals surface area contributed by atoms with Crippen LogP contribution in [-0.4, -0.2) is 34.8 Å². The predicted molar refractivity (Wildman–Crippen MR) is 112 cm³/mol. The lowest BCUT2D eigenvalue weighted by molar-refractivity contribution is -0.136. The topological polar surface area (TPSA) is 105 Å². The van der Waals surface area contributed by atoms with Crippen LogP contribution in [0.1, 0.15) is 39.9 Å². The number of piperidine rings is 1. The second-order valence-corrected chi connectivity index (χ2v) is 7.96. The minimum atomic E-state index is -0.663. The molecule has 0 unspecified atom stereocenters. The fourth-order valence-corrected chi connectivity index (χ4v) is 3.85. The SMILES string of the molecule is Cc1ccc(NC(=O)OCc2ccc3c(c2)C(=O)N([C@H]2CCC(=O)NC2=O)C3)cc1Cl. The van der Waals surface area contributed by atoms with Crippen LogP contribution < -0.4 is 10.6 Å². The van der Waals surface area contributed by atoms with Gasteiger partial charge in [-0.1, -0.05) is 29.8 Å². The number of aryl methyl sites for hydroxylation is 1. The molecule has 0 aromatic heterocycles. The summed E-state index contributed by atoms with van der Waals surface area (Å²) in [5.41, 5.74) is 3.32. The Labute approximate surface area is 183 Å². The number of imide groups is 1. The molecule has 31 heavy (non-hydrogen) atoms. The number of nitrogens with zero attached hydrogens (tertiary/aromatic N) is 1. The van der Waals surface area contributed by atoms with Crippen molar-refractivity contribution in [3.8, 4) is 0 Å². The van der Waals surface area contributed by atoms with Crippen molar-refractivity contribution in [2.75, 3.05) is 5.32 Å². The van der Waals surface area contributed by atoms with Gasteiger partial charge in [0.1, 0.15) is 12.6 Å². The average Bonchev–Trinajstić information content (AvgIpc) is 3.05. The van der Waals surface area contributed by atoms with Crippen molar-refractivity contribution < 1.29 is 23.9 Å². The van der Waals surface area contributed by atoms with E-state index >= 15 is 0 Å². The number of fused-ring (bicyclic) bond motifs is 1. The van der Waals surface area contributed by atoms with E-state index in [1.807, 2.05) is 6.92 Å². The third-order valence-electron chi connectivity index (χ3n) is 5.38. The van der Waals surface area contributed by atoms with Crippen molar-refractivity contribution >= 4 is 41.1 Å². The highest BCUT2D eigenvalue weighted by Gasteiger charge is 2.39. The van der Waals surface area contributed by atoms with E-state index in [0.717, 1.165) is 11.1 Å². The number of benzene rings is 2. The second-order valence-electron chi connectivity index (χ2n) is 7.56. The maximum absolute atomic E-state index is 12.8. The molecule has 0 radical (unpaired) electrons. The van der Waals surface area contributed by atoms with Crippen molar-refractivity contribution in [2.24, 2.45) is 0 Å². The Morgan fingerprint density at radius 2 is 2.03 bits per heavy atom. The number of carbonyl (C=O) groups excluding carboxylic acids is 4. The van der Waals surface area contributed by atoms with Crippen LogP contribution in [0.25, 0.3) is 0 Å². The van der Waals surface area contributed by atoms with E-state index in [1.54, 1.807) is 36.4 Å². The van der Waals surface area contributed by atoms with Gasteiger partial charge in [0.15, 0.2) is 0 Å². The van der Waals surface area contributed by atoms with E-state index in [4.69, 9.17) is 16.3 Å². The van der Waals surface area contributed by atoms with E-state index in [1.165, 1.54) is 4.90 Å². The summed E-state index contributed by atoms with van der Waals surface area (Å²) in [5, 5.41) is 5.42. The molecule has 4 rings (SSSR count). The van der Waals surface area contributed by atoms with Crippen molar-refractivity contribution in [1.29, 1.82) is 0 Å². The van der Waals surface area contributed by atoms with Crippen LogP contribution in [-0.2, 0) is 27.5 Å². The van der Waals surface area contributed by atoms with Crippen LogP contribution in [0.5, 0.6) is 0 Å². The molecular weight excluding hydrogens is 422 g/mol. The molecule has 0 saturated carbocycles. The zero-order valence-corrected chi connectivity index (χ0v) is 17.5. The number of hydrogen-bond donors (Lipinski definition) is 2. The van der Waals surface area contributed by atoms with Crippen LogP contribution in [0.4, 0.5) is 10.5 Å². The zero-order valence-electron chi connectivity index (χ0n) is 16.7. The lowest BCUT2D eigenvalue weighted by Crippen LogP contribution is -2.52. The highest BCUT2D eigenvalue weighted by atomic mass is 35.5. The molecule has 1 atom stereocenters. The Morgan fingerprint density at radius 3 is 2.77 bits per heavy atom. The van der Waals surface area contributed by atoms with Gasteiger partial charge in [-0.3, -0.25) is 25.0 Å². The van der Waals surface area contributed by atoms with E-state index in [-0.39, 0.29) is 24.8 Å². The summed E-state index contributed by atoms with van der Waals surface area (Å²) in [6.07, 6.45) is -0.127. The van der Waals surface area contributed by atoms with Crippen molar-refractivity contribution in [2.45, 2.75) is 39.0 Å². The van der Waals surface area contributed by atoms with Crippen LogP contribution in [0.3, 0.4) is 0 Å². The van der Waals surface area contributed by atoms with E-state index in [2.05, 4.69) is 10.6 Å². The fraction of sp³-hybridized carbons (Fsp3) is 0.273. The Bertz CT molecular complexity index is 1100. The Kier molecular flexibility index (Phi) is 5.65. The summed E-state index contributed by atoms with van der Waals surface area (Å²) in [4.78, 5) is 49.9. The summed E-state index contributed by atoms with van der Waals surface area (Å²) in [6.45, 7) is 2.14. The first-order valence-electron chi connectivity index (χ1n) is 9.78. The third-order valence-corrected chi connectivity index (χ3v) is 5.79. The molecule has 2 heterocycles. The second kappa shape index (κ2) is 8.39. The third kappa shape index (κ3) is 4.39. The predicted octanol–water partition coefficient (Wildman–Crippen LogP) is 3.16. The van der Waals surface area contributed by atoms with Gasteiger partial charge in [0.25, 0.3) is 5.91 Å². The number of anilines is 1. The van der Waals surface area contributed by atoms with Crippen LogP contribution in [0, 0.1) is 6.92 Å². The molecule has 2 aliphatic rings. The van der Waals surface area contributed by atoms with Crippen molar-refractivity contribution in [3.63, 3.8) is 0 Å².